The predicted octanol–water partition coefficient (Wildman–Crippen LogP) is 3.47. The third-order valence-electron chi connectivity index (χ3n) is 2.90. The average Bonchev–Trinajstić information content (AvgIpc) is 2.29. The fourth-order valence-electron chi connectivity index (χ4n) is 2.11. The molecule has 0 unspecified atom stereocenters. The summed E-state index contributed by atoms with van der Waals surface area (Å²) in [6.45, 7) is 4.09. The van der Waals surface area contributed by atoms with Gasteiger partial charge in [0.15, 0.2) is 0 Å². The Morgan fingerprint density at radius 2 is 1.06 bits per heavy atom. The summed E-state index contributed by atoms with van der Waals surface area (Å²) in [6, 6.07) is 8.28. The lowest BCUT2D eigenvalue weighted by atomic mass is 10.0. The van der Waals surface area contributed by atoms with Crippen LogP contribution >= 0.6 is 0 Å². The Bertz CT molecular complexity index is 480. The normalized spacial score (nSPS) is 10.5. The molecule has 0 aliphatic rings. The number of aryl methyl sites for hydroxylation is 2. The van der Waals surface area contributed by atoms with Crippen molar-refractivity contribution >= 4 is 10.8 Å². The predicted molar refractivity (Wildman–Crippen MR) is 66.5 cm³/mol. The zero-order valence-electron chi connectivity index (χ0n) is 10.1. The van der Waals surface area contributed by atoms with Crippen LogP contribution in [0.15, 0.2) is 24.3 Å². The van der Waals surface area contributed by atoms with Crippen molar-refractivity contribution < 1.29 is 9.47 Å². The summed E-state index contributed by atoms with van der Waals surface area (Å²) in [6.07, 6.45) is 0. The molecule has 0 bridgehead atoms. The van der Waals surface area contributed by atoms with Gasteiger partial charge in [-0.25, -0.2) is 0 Å². The number of ether oxygens (including phenoxy) is 2. The molecule has 0 N–H and O–H groups in total. The maximum atomic E-state index is 5.44. The van der Waals surface area contributed by atoms with Crippen molar-refractivity contribution in [1.29, 1.82) is 0 Å². The van der Waals surface area contributed by atoms with Gasteiger partial charge in [0, 0.05) is 10.8 Å². The third-order valence-corrected chi connectivity index (χ3v) is 2.90. The van der Waals surface area contributed by atoms with Gasteiger partial charge < -0.3 is 9.47 Å². The van der Waals surface area contributed by atoms with Crippen LogP contribution in [0, 0.1) is 13.8 Å². The van der Waals surface area contributed by atoms with E-state index in [0.717, 1.165) is 33.4 Å². The Balaban J connectivity index is 2.87. The Morgan fingerprint density at radius 1 is 0.688 bits per heavy atom. The van der Waals surface area contributed by atoms with Crippen LogP contribution in [0.3, 0.4) is 0 Å². The molecule has 84 valence electrons. The fraction of sp³-hybridized carbons (Fsp3) is 0.286. The zero-order chi connectivity index (χ0) is 11.7. The summed E-state index contributed by atoms with van der Waals surface area (Å²) in [5.41, 5.74) is 2.28. The summed E-state index contributed by atoms with van der Waals surface area (Å²) < 4.78 is 10.9. The minimum absolute atomic E-state index is 0.927. The highest BCUT2D eigenvalue weighted by molar-refractivity contribution is 5.95. The molecule has 0 spiro atoms. The smallest absolute Gasteiger partial charge is 0.129 e. The lowest BCUT2D eigenvalue weighted by Crippen LogP contribution is -1.93. The highest BCUT2D eigenvalue weighted by atomic mass is 16.5. The van der Waals surface area contributed by atoms with Gasteiger partial charge in [0.1, 0.15) is 11.5 Å². The molecule has 2 heteroatoms. The molecule has 0 saturated heterocycles. The topological polar surface area (TPSA) is 18.5 Å². The van der Waals surface area contributed by atoms with E-state index in [2.05, 4.69) is 24.3 Å². The van der Waals surface area contributed by atoms with Gasteiger partial charge in [-0.2, -0.15) is 0 Å². The number of hydrogen-bond acceptors (Lipinski definition) is 2. The van der Waals surface area contributed by atoms with E-state index in [9.17, 15) is 0 Å². The van der Waals surface area contributed by atoms with Gasteiger partial charge in [-0.1, -0.05) is 24.3 Å². The van der Waals surface area contributed by atoms with Crippen LogP contribution in [0.5, 0.6) is 11.5 Å². The third kappa shape index (κ3) is 1.51. The first-order valence-electron chi connectivity index (χ1n) is 5.30. The first kappa shape index (κ1) is 10.8. The molecule has 0 aliphatic heterocycles. The molecule has 0 heterocycles. The molecular weight excluding hydrogens is 200 g/mol. The Morgan fingerprint density at radius 3 is 1.38 bits per heavy atom. The molecule has 2 nitrogen and oxygen atoms in total. The Labute approximate surface area is 95.8 Å². The number of fused-ring (bicyclic) bond motifs is 1. The molecule has 2 rings (SSSR count). The lowest BCUT2D eigenvalue weighted by molar-refractivity contribution is 0.412. The quantitative estimate of drug-likeness (QED) is 0.765. The van der Waals surface area contributed by atoms with Crippen molar-refractivity contribution in [3.63, 3.8) is 0 Å². The minimum Gasteiger partial charge on any atom is -0.496 e. The SMILES string of the molecule is COc1c(C)ccc2c(OC)c(C)ccc12. The van der Waals surface area contributed by atoms with Crippen molar-refractivity contribution in [2.45, 2.75) is 13.8 Å². The summed E-state index contributed by atoms with van der Waals surface area (Å²) in [5, 5.41) is 2.20. The Hall–Kier alpha value is -1.70. The van der Waals surface area contributed by atoms with E-state index in [1.54, 1.807) is 14.2 Å². The molecule has 2 aromatic rings. The van der Waals surface area contributed by atoms with E-state index in [1.165, 1.54) is 0 Å². The molecule has 0 amide bonds. The standard InChI is InChI=1S/C14H16O2/c1-9-5-7-12-11(13(9)15-3)8-6-10(2)14(12)16-4/h5-8H,1-4H3. The number of methoxy groups -OCH3 is 2. The minimum atomic E-state index is 0.927. The van der Waals surface area contributed by atoms with E-state index >= 15 is 0 Å². The summed E-state index contributed by atoms with van der Waals surface area (Å²) >= 11 is 0. The van der Waals surface area contributed by atoms with Gasteiger partial charge in [-0.05, 0) is 25.0 Å². The van der Waals surface area contributed by atoms with Crippen molar-refractivity contribution in [2.75, 3.05) is 14.2 Å². The molecule has 0 atom stereocenters. The van der Waals surface area contributed by atoms with Crippen LogP contribution in [0.2, 0.25) is 0 Å². The summed E-state index contributed by atoms with van der Waals surface area (Å²) in [7, 11) is 3.40. The molecular formula is C14H16O2. The van der Waals surface area contributed by atoms with E-state index in [4.69, 9.17) is 9.47 Å². The molecule has 0 fully saturated rings. The largest absolute Gasteiger partial charge is 0.496 e. The van der Waals surface area contributed by atoms with Gasteiger partial charge in [0.05, 0.1) is 14.2 Å². The van der Waals surface area contributed by atoms with Crippen molar-refractivity contribution in [3.8, 4) is 11.5 Å². The lowest BCUT2D eigenvalue weighted by Gasteiger charge is -2.13. The van der Waals surface area contributed by atoms with E-state index in [0.29, 0.717) is 0 Å². The second kappa shape index (κ2) is 4.05. The van der Waals surface area contributed by atoms with E-state index in [-0.39, 0.29) is 0 Å². The average molecular weight is 216 g/mol. The van der Waals surface area contributed by atoms with Crippen molar-refractivity contribution in [3.05, 3.63) is 35.4 Å². The zero-order valence-corrected chi connectivity index (χ0v) is 10.1. The number of benzene rings is 2. The van der Waals surface area contributed by atoms with Crippen LogP contribution in [-0.4, -0.2) is 14.2 Å². The van der Waals surface area contributed by atoms with Gasteiger partial charge in [-0.15, -0.1) is 0 Å². The first-order valence-corrected chi connectivity index (χ1v) is 5.30. The van der Waals surface area contributed by atoms with Gasteiger partial charge in [-0.3, -0.25) is 0 Å². The maximum absolute atomic E-state index is 5.44. The first-order chi connectivity index (χ1) is 7.69. The second-order valence-corrected chi connectivity index (χ2v) is 3.93. The van der Waals surface area contributed by atoms with Crippen molar-refractivity contribution in [1.82, 2.24) is 0 Å². The van der Waals surface area contributed by atoms with Crippen LogP contribution < -0.4 is 9.47 Å². The Kier molecular flexibility index (Phi) is 2.73. The number of hydrogen-bond donors (Lipinski definition) is 0. The van der Waals surface area contributed by atoms with Gasteiger partial charge in [0.2, 0.25) is 0 Å². The molecule has 0 saturated carbocycles. The highest BCUT2D eigenvalue weighted by Gasteiger charge is 2.10. The molecule has 16 heavy (non-hydrogen) atoms. The van der Waals surface area contributed by atoms with Gasteiger partial charge in [0.25, 0.3) is 0 Å². The van der Waals surface area contributed by atoms with Crippen LogP contribution in [-0.2, 0) is 0 Å². The van der Waals surface area contributed by atoms with E-state index < -0.39 is 0 Å². The molecule has 0 aromatic heterocycles. The molecule has 0 aliphatic carbocycles. The fourth-order valence-corrected chi connectivity index (χ4v) is 2.11. The van der Waals surface area contributed by atoms with Crippen LogP contribution in [0.4, 0.5) is 0 Å². The van der Waals surface area contributed by atoms with E-state index in [1.807, 2.05) is 13.8 Å². The molecule has 2 aromatic carbocycles. The van der Waals surface area contributed by atoms with Gasteiger partial charge >= 0.3 is 0 Å². The number of rotatable bonds is 2. The maximum Gasteiger partial charge on any atom is 0.129 e. The molecule has 0 radical (unpaired) electrons. The monoisotopic (exact) mass is 216 g/mol. The van der Waals surface area contributed by atoms with Crippen LogP contribution in [0.1, 0.15) is 11.1 Å². The summed E-state index contributed by atoms with van der Waals surface area (Å²) in [4.78, 5) is 0. The summed E-state index contributed by atoms with van der Waals surface area (Å²) in [5.74, 6) is 1.85. The highest BCUT2D eigenvalue weighted by Crippen LogP contribution is 2.36. The van der Waals surface area contributed by atoms with Crippen LogP contribution in [0.25, 0.3) is 10.8 Å². The van der Waals surface area contributed by atoms with Crippen molar-refractivity contribution in [2.24, 2.45) is 0 Å². The second-order valence-electron chi connectivity index (χ2n) is 3.93.